The lowest BCUT2D eigenvalue weighted by molar-refractivity contribution is 0.166. The molecule has 1 heterocycles. The Morgan fingerprint density at radius 3 is 3.00 bits per heavy atom. The van der Waals surface area contributed by atoms with Gasteiger partial charge in [0.15, 0.2) is 0 Å². The molecular formula is C14H20BrFN2. The molecule has 0 radical (unpaired) electrons. The van der Waals surface area contributed by atoms with Gasteiger partial charge in [-0.25, -0.2) is 4.39 Å². The van der Waals surface area contributed by atoms with Crippen molar-refractivity contribution in [3.05, 3.63) is 34.1 Å². The number of nitrogens with one attached hydrogen (secondary N) is 1. The van der Waals surface area contributed by atoms with E-state index in [1.54, 1.807) is 6.07 Å². The first-order valence-corrected chi connectivity index (χ1v) is 7.28. The predicted molar refractivity (Wildman–Crippen MR) is 76.0 cm³/mol. The van der Waals surface area contributed by atoms with Gasteiger partial charge in [0.05, 0.1) is 0 Å². The van der Waals surface area contributed by atoms with Crippen LogP contribution in [0, 0.1) is 11.7 Å². The summed E-state index contributed by atoms with van der Waals surface area (Å²) in [5, 5.41) is 3.25. The van der Waals surface area contributed by atoms with Gasteiger partial charge in [-0.05, 0) is 62.7 Å². The molecule has 2 rings (SSSR count). The number of halogens is 2. The molecule has 100 valence electrons. The summed E-state index contributed by atoms with van der Waals surface area (Å²) in [6, 6.07) is 5.14. The molecule has 2 nitrogen and oxygen atoms in total. The molecule has 0 amide bonds. The molecule has 1 aromatic carbocycles. The molecule has 0 aromatic heterocycles. The number of rotatable bonds is 4. The maximum atomic E-state index is 13.3. The van der Waals surface area contributed by atoms with Crippen LogP contribution >= 0.6 is 15.9 Å². The first-order valence-electron chi connectivity index (χ1n) is 6.49. The maximum absolute atomic E-state index is 13.3. The van der Waals surface area contributed by atoms with Crippen LogP contribution in [-0.4, -0.2) is 31.6 Å². The Kier molecular flexibility index (Phi) is 5.15. The summed E-state index contributed by atoms with van der Waals surface area (Å²) in [5.74, 6) is 0.559. The Morgan fingerprint density at radius 2 is 2.28 bits per heavy atom. The van der Waals surface area contributed by atoms with Gasteiger partial charge in [0.2, 0.25) is 0 Å². The SMILES string of the molecule is CNCC1CCCN(Cc2cc(F)cc(Br)c2)C1. The summed E-state index contributed by atoms with van der Waals surface area (Å²) < 4.78 is 14.1. The molecule has 0 saturated carbocycles. The summed E-state index contributed by atoms with van der Waals surface area (Å²) in [7, 11) is 2.00. The molecule has 1 aliphatic rings. The van der Waals surface area contributed by atoms with Crippen molar-refractivity contribution in [2.75, 3.05) is 26.7 Å². The van der Waals surface area contributed by atoms with Crippen molar-refractivity contribution in [3.63, 3.8) is 0 Å². The van der Waals surface area contributed by atoms with Crippen LogP contribution in [0.1, 0.15) is 18.4 Å². The van der Waals surface area contributed by atoms with Crippen LogP contribution in [0.25, 0.3) is 0 Å². The number of hydrogen-bond acceptors (Lipinski definition) is 2. The Bertz CT molecular complexity index is 375. The van der Waals surface area contributed by atoms with Crippen LogP contribution in [0.15, 0.2) is 22.7 Å². The molecule has 1 aliphatic heterocycles. The van der Waals surface area contributed by atoms with Gasteiger partial charge in [-0.15, -0.1) is 0 Å². The van der Waals surface area contributed by atoms with E-state index in [-0.39, 0.29) is 5.82 Å². The third-order valence-corrected chi connectivity index (χ3v) is 3.88. The van der Waals surface area contributed by atoms with E-state index >= 15 is 0 Å². The average molecular weight is 315 g/mol. The predicted octanol–water partition coefficient (Wildman–Crippen LogP) is 3.02. The summed E-state index contributed by atoms with van der Waals surface area (Å²) in [6.07, 6.45) is 2.53. The minimum Gasteiger partial charge on any atom is -0.319 e. The van der Waals surface area contributed by atoms with Gasteiger partial charge in [-0.3, -0.25) is 4.90 Å². The zero-order valence-corrected chi connectivity index (χ0v) is 12.3. The van der Waals surface area contributed by atoms with Gasteiger partial charge >= 0.3 is 0 Å². The molecule has 4 heteroatoms. The Balaban J connectivity index is 1.95. The highest BCUT2D eigenvalue weighted by atomic mass is 79.9. The Morgan fingerprint density at radius 1 is 1.44 bits per heavy atom. The van der Waals surface area contributed by atoms with Crippen molar-refractivity contribution in [2.45, 2.75) is 19.4 Å². The van der Waals surface area contributed by atoms with E-state index in [9.17, 15) is 4.39 Å². The summed E-state index contributed by atoms with van der Waals surface area (Å²) >= 11 is 3.35. The van der Waals surface area contributed by atoms with Gasteiger partial charge in [0.25, 0.3) is 0 Å². The summed E-state index contributed by atoms with van der Waals surface area (Å²) in [4.78, 5) is 2.42. The molecule has 1 atom stereocenters. The lowest BCUT2D eigenvalue weighted by Gasteiger charge is -2.32. The highest BCUT2D eigenvalue weighted by molar-refractivity contribution is 9.10. The fourth-order valence-electron chi connectivity index (χ4n) is 2.71. The van der Waals surface area contributed by atoms with Crippen LogP contribution in [0.4, 0.5) is 4.39 Å². The highest BCUT2D eigenvalue weighted by Crippen LogP contribution is 2.20. The average Bonchev–Trinajstić information content (AvgIpc) is 2.28. The minimum atomic E-state index is -0.164. The highest BCUT2D eigenvalue weighted by Gasteiger charge is 2.19. The zero-order valence-electron chi connectivity index (χ0n) is 10.8. The number of likely N-dealkylation sites (tertiary alicyclic amines) is 1. The van der Waals surface area contributed by atoms with Gasteiger partial charge in [0.1, 0.15) is 5.82 Å². The minimum absolute atomic E-state index is 0.164. The third-order valence-electron chi connectivity index (χ3n) is 3.42. The van der Waals surface area contributed by atoms with Crippen molar-refractivity contribution in [1.29, 1.82) is 0 Å². The second-order valence-electron chi connectivity index (χ2n) is 5.08. The van der Waals surface area contributed by atoms with E-state index in [1.807, 2.05) is 13.1 Å². The zero-order chi connectivity index (χ0) is 13.0. The molecule has 18 heavy (non-hydrogen) atoms. The standard InChI is InChI=1S/C14H20BrFN2/c1-17-8-11-3-2-4-18(9-11)10-12-5-13(15)7-14(16)6-12/h5-7,11,17H,2-4,8-10H2,1H3. The maximum Gasteiger partial charge on any atom is 0.124 e. The van der Waals surface area contributed by atoms with Gasteiger partial charge < -0.3 is 5.32 Å². The van der Waals surface area contributed by atoms with Gasteiger partial charge in [-0.2, -0.15) is 0 Å². The van der Waals surface area contributed by atoms with E-state index < -0.39 is 0 Å². The molecule has 0 bridgehead atoms. The Hall–Kier alpha value is -0.450. The van der Waals surface area contributed by atoms with Crippen molar-refractivity contribution in [3.8, 4) is 0 Å². The topological polar surface area (TPSA) is 15.3 Å². The molecule has 1 aromatic rings. The summed E-state index contributed by atoms with van der Waals surface area (Å²) in [5.41, 5.74) is 1.05. The van der Waals surface area contributed by atoms with Crippen LogP contribution in [0.5, 0.6) is 0 Å². The number of benzene rings is 1. The van der Waals surface area contributed by atoms with E-state index in [2.05, 4.69) is 26.1 Å². The largest absolute Gasteiger partial charge is 0.319 e. The Labute approximate surface area is 117 Å². The van der Waals surface area contributed by atoms with Crippen LogP contribution in [0.2, 0.25) is 0 Å². The lowest BCUT2D eigenvalue weighted by Crippen LogP contribution is -2.38. The quantitative estimate of drug-likeness (QED) is 0.919. The third kappa shape index (κ3) is 4.04. The molecule has 1 saturated heterocycles. The van der Waals surface area contributed by atoms with Crippen LogP contribution in [-0.2, 0) is 6.54 Å². The van der Waals surface area contributed by atoms with E-state index in [1.165, 1.54) is 18.9 Å². The molecular weight excluding hydrogens is 295 g/mol. The molecule has 0 aliphatic carbocycles. The number of piperidine rings is 1. The van der Waals surface area contributed by atoms with E-state index in [0.29, 0.717) is 0 Å². The van der Waals surface area contributed by atoms with Crippen molar-refractivity contribution < 1.29 is 4.39 Å². The van der Waals surface area contributed by atoms with Crippen molar-refractivity contribution >= 4 is 15.9 Å². The van der Waals surface area contributed by atoms with Gasteiger partial charge in [-0.1, -0.05) is 15.9 Å². The second-order valence-corrected chi connectivity index (χ2v) is 5.99. The lowest BCUT2D eigenvalue weighted by atomic mass is 9.97. The van der Waals surface area contributed by atoms with Crippen LogP contribution < -0.4 is 5.32 Å². The number of nitrogens with zero attached hydrogens (tertiary/aromatic N) is 1. The smallest absolute Gasteiger partial charge is 0.124 e. The van der Waals surface area contributed by atoms with Crippen molar-refractivity contribution in [1.82, 2.24) is 10.2 Å². The molecule has 0 spiro atoms. The van der Waals surface area contributed by atoms with E-state index in [4.69, 9.17) is 0 Å². The first kappa shape index (κ1) is 14.0. The normalized spacial score (nSPS) is 21.2. The molecule has 1 unspecified atom stereocenters. The summed E-state index contributed by atoms with van der Waals surface area (Å²) in [6.45, 7) is 4.14. The van der Waals surface area contributed by atoms with Crippen LogP contribution in [0.3, 0.4) is 0 Å². The van der Waals surface area contributed by atoms with Gasteiger partial charge in [0, 0.05) is 17.6 Å². The second kappa shape index (κ2) is 6.64. The first-order chi connectivity index (χ1) is 8.67. The fourth-order valence-corrected chi connectivity index (χ4v) is 3.22. The number of hydrogen-bond donors (Lipinski definition) is 1. The molecule has 1 N–H and O–H groups in total. The fraction of sp³-hybridized carbons (Fsp3) is 0.571. The van der Waals surface area contributed by atoms with Crippen molar-refractivity contribution in [2.24, 2.45) is 5.92 Å². The monoisotopic (exact) mass is 314 g/mol. The van der Waals surface area contributed by atoms with E-state index in [0.717, 1.165) is 42.1 Å². The molecule has 1 fully saturated rings.